The minimum absolute atomic E-state index is 0.0163. The molecular weight excluding hydrogens is 416 g/mol. The number of para-hydroxylation sites is 1. The van der Waals surface area contributed by atoms with Gasteiger partial charge in [-0.2, -0.15) is 0 Å². The smallest absolute Gasteiger partial charge is 0.274 e. The van der Waals surface area contributed by atoms with Crippen molar-refractivity contribution >= 4 is 33.3 Å². The highest BCUT2D eigenvalue weighted by molar-refractivity contribution is 7.19. The van der Waals surface area contributed by atoms with Crippen LogP contribution in [0.2, 0.25) is 0 Å². The normalized spacial score (nSPS) is 13.6. The van der Waals surface area contributed by atoms with E-state index in [1.54, 1.807) is 0 Å². The zero-order valence-electron chi connectivity index (χ0n) is 18.5. The summed E-state index contributed by atoms with van der Waals surface area (Å²) in [5.74, 6) is 0.583. The topological polar surface area (TPSA) is 75.0 Å². The number of nitrogens with zero attached hydrogens (tertiary/aromatic N) is 2. The molecule has 2 heterocycles. The maximum absolute atomic E-state index is 13.7. The van der Waals surface area contributed by atoms with Gasteiger partial charge in [-0.1, -0.05) is 59.4 Å². The van der Waals surface area contributed by atoms with Gasteiger partial charge in [0.15, 0.2) is 5.13 Å². The first-order valence-electron chi connectivity index (χ1n) is 11.2. The molecule has 1 fully saturated rings. The van der Waals surface area contributed by atoms with Gasteiger partial charge in [0.2, 0.25) is 0 Å². The molecule has 2 aromatic heterocycles. The van der Waals surface area contributed by atoms with Gasteiger partial charge in [0.25, 0.3) is 5.91 Å². The van der Waals surface area contributed by atoms with Gasteiger partial charge in [0.05, 0.1) is 4.88 Å². The van der Waals surface area contributed by atoms with E-state index >= 15 is 0 Å². The number of nitrogens with two attached hydrogens (primary N) is 1. The van der Waals surface area contributed by atoms with E-state index in [1.165, 1.54) is 46.2 Å². The number of rotatable bonds is 7. The fraction of sp³-hybridized carbons (Fsp3) is 0.308. The third-order valence-electron chi connectivity index (χ3n) is 6.25. The molecule has 0 bridgehead atoms. The van der Waals surface area contributed by atoms with Gasteiger partial charge in [0, 0.05) is 30.2 Å². The summed E-state index contributed by atoms with van der Waals surface area (Å²) in [4.78, 5) is 24.4. The molecule has 3 N–H and O–H groups in total. The van der Waals surface area contributed by atoms with Crippen LogP contribution in [-0.2, 0) is 6.42 Å². The summed E-state index contributed by atoms with van der Waals surface area (Å²) in [7, 11) is 0. The Hall–Kier alpha value is -3.12. The van der Waals surface area contributed by atoms with E-state index in [2.05, 4.69) is 60.3 Å². The van der Waals surface area contributed by atoms with Crippen molar-refractivity contribution < 1.29 is 4.79 Å². The summed E-state index contributed by atoms with van der Waals surface area (Å²) in [6.07, 6.45) is 5.28. The van der Waals surface area contributed by atoms with Gasteiger partial charge in [-0.25, -0.2) is 4.98 Å². The molecular formula is C26H28N4OS. The number of carbonyl (C=O) groups excluding carboxylic acids is 1. The second-order valence-electron chi connectivity index (χ2n) is 8.86. The van der Waals surface area contributed by atoms with Crippen LogP contribution in [0.3, 0.4) is 0 Å². The predicted octanol–water partition coefficient (Wildman–Crippen LogP) is 5.59. The van der Waals surface area contributed by atoms with E-state index in [0.717, 1.165) is 29.0 Å². The van der Waals surface area contributed by atoms with Crippen LogP contribution >= 0.6 is 11.3 Å². The van der Waals surface area contributed by atoms with Crippen LogP contribution in [0.25, 0.3) is 21.3 Å². The zero-order chi connectivity index (χ0) is 22.2. The van der Waals surface area contributed by atoms with Gasteiger partial charge in [-0.15, -0.1) is 0 Å². The summed E-state index contributed by atoms with van der Waals surface area (Å²) in [5.41, 5.74) is 12.4. The zero-order valence-corrected chi connectivity index (χ0v) is 19.3. The third-order valence-corrected chi connectivity index (χ3v) is 7.18. The Morgan fingerprint density at radius 2 is 2.03 bits per heavy atom. The molecule has 1 saturated carbocycles. The maximum Gasteiger partial charge on any atom is 0.274 e. The molecule has 0 aliphatic heterocycles. The minimum atomic E-state index is -0.0163. The first kappa shape index (κ1) is 20.8. The predicted molar refractivity (Wildman–Crippen MR) is 132 cm³/mol. The molecule has 0 atom stereocenters. The number of hydrogen-bond acceptors (Lipinski definition) is 4. The fourth-order valence-electron chi connectivity index (χ4n) is 4.33. The number of benzene rings is 2. The average molecular weight is 445 g/mol. The minimum Gasteiger partial charge on any atom is -0.375 e. The van der Waals surface area contributed by atoms with Crippen LogP contribution in [0, 0.1) is 19.8 Å². The molecule has 4 aromatic rings. The number of nitrogens with one attached hydrogen (secondary N) is 1. The van der Waals surface area contributed by atoms with Gasteiger partial charge in [-0.3, -0.25) is 4.79 Å². The first-order chi connectivity index (χ1) is 15.5. The molecule has 0 unspecified atom stereocenters. The molecule has 32 heavy (non-hydrogen) atoms. The maximum atomic E-state index is 13.7. The van der Waals surface area contributed by atoms with Crippen LogP contribution < -0.4 is 5.73 Å². The van der Waals surface area contributed by atoms with E-state index in [1.807, 2.05) is 17.0 Å². The van der Waals surface area contributed by atoms with E-state index < -0.39 is 0 Å². The molecule has 0 spiro atoms. The quantitative estimate of drug-likeness (QED) is 0.390. The van der Waals surface area contributed by atoms with Gasteiger partial charge >= 0.3 is 0 Å². The lowest BCUT2D eigenvalue weighted by Gasteiger charge is -2.22. The number of fused-ring (bicyclic) bond motifs is 1. The second kappa shape index (κ2) is 8.43. The summed E-state index contributed by atoms with van der Waals surface area (Å²) in [6, 6.07) is 14.5. The van der Waals surface area contributed by atoms with Crippen molar-refractivity contribution in [3.05, 3.63) is 71.0 Å². The van der Waals surface area contributed by atoms with Crippen molar-refractivity contribution in [2.75, 3.05) is 18.8 Å². The summed E-state index contributed by atoms with van der Waals surface area (Å²) in [5, 5.41) is 1.67. The average Bonchev–Trinajstić information content (AvgIpc) is 3.36. The SMILES string of the molecule is Cc1cccc(-c2sc(N)nc2C(=O)N(CCc2c[nH]c3c(C)cccc23)CC2CC2)c1. The Morgan fingerprint density at radius 1 is 1.22 bits per heavy atom. The Bertz CT molecular complexity index is 1280. The van der Waals surface area contributed by atoms with Crippen molar-refractivity contribution in [3.8, 4) is 10.4 Å². The Labute approximate surface area is 192 Å². The molecule has 0 saturated heterocycles. The van der Waals surface area contributed by atoms with Crippen LogP contribution in [-0.4, -0.2) is 33.9 Å². The molecule has 0 radical (unpaired) electrons. The highest BCUT2D eigenvalue weighted by atomic mass is 32.1. The number of amides is 1. The first-order valence-corrected chi connectivity index (χ1v) is 12.0. The molecule has 1 aliphatic rings. The van der Waals surface area contributed by atoms with E-state index in [-0.39, 0.29) is 5.91 Å². The number of thiazole rings is 1. The number of aryl methyl sites for hydroxylation is 2. The number of nitrogen functional groups attached to an aromatic ring is 1. The summed E-state index contributed by atoms with van der Waals surface area (Å²) in [6.45, 7) is 5.62. The van der Waals surface area contributed by atoms with Crippen LogP contribution in [0.5, 0.6) is 0 Å². The van der Waals surface area contributed by atoms with Gasteiger partial charge in [-0.05, 0) is 55.7 Å². The van der Waals surface area contributed by atoms with Crippen LogP contribution in [0.4, 0.5) is 5.13 Å². The van der Waals surface area contributed by atoms with Gasteiger partial charge in [0.1, 0.15) is 5.69 Å². The van der Waals surface area contributed by atoms with Crippen molar-refractivity contribution in [1.29, 1.82) is 0 Å². The number of hydrogen-bond donors (Lipinski definition) is 2. The van der Waals surface area contributed by atoms with E-state index in [4.69, 9.17) is 5.73 Å². The molecule has 164 valence electrons. The third kappa shape index (κ3) is 4.15. The van der Waals surface area contributed by atoms with Crippen molar-refractivity contribution in [2.24, 2.45) is 5.92 Å². The molecule has 1 aliphatic carbocycles. The largest absolute Gasteiger partial charge is 0.375 e. The summed E-state index contributed by atoms with van der Waals surface area (Å²) >= 11 is 1.39. The molecule has 5 nitrogen and oxygen atoms in total. The second-order valence-corrected chi connectivity index (χ2v) is 9.89. The van der Waals surface area contributed by atoms with Crippen LogP contribution in [0.15, 0.2) is 48.7 Å². The lowest BCUT2D eigenvalue weighted by Crippen LogP contribution is -2.35. The molecule has 6 heteroatoms. The van der Waals surface area contributed by atoms with Crippen molar-refractivity contribution in [3.63, 3.8) is 0 Å². The van der Waals surface area contributed by atoms with Crippen molar-refractivity contribution in [1.82, 2.24) is 14.9 Å². The lowest BCUT2D eigenvalue weighted by atomic mass is 10.1. The monoisotopic (exact) mass is 444 g/mol. The van der Waals surface area contributed by atoms with E-state index in [9.17, 15) is 4.79 Å². The molecule has 2 aromatic carbocycles. The number of aromatic nitrogens is 2. The highest BCUT2D eigenvalue weighted by Crippen LogP contribution is 2.35. The molecule has 5 rings (SSSR count). The standard InChI is InChI=1S/C26H28N4OS/c1-16-5-3-7-19(13-16)24-23(29-26(27)32-24)25(31)30(15-18-9-10-18)12-11-20-14-28-22-17(2)6-4-8-21(20)22/h3-8,13-14,18,28H,9-12,15H2,1-2H3,(H2,27,29). The van der Waals surface area contributed by atoms with Crippen LogP contribution in [0.1, 0.15) is 40.0 Å². The molecule has 1 amide bonds. The summed E-state index contributed by atoms with van der Waals surface area (Å²) < 4.78 is 0. The Kier molecular flexibility index (Phi) is 5.47. The van der Waals surface area contributed by atoms with E-state index in [0.29, 0.717) is 23.3 Å². The fourth-order valence-corrected chi connectivity index (χ4v) is 5.15. The van der Waals surface area contributed by atoms with Crippen molar-refractivity contribution in [2.45, 2.75) is 33.1 Å². The Balaban J connectivity index is 1.42. The Morgan fingerprint density at radius 3 is 2.81 bits per heavy atom. The highest BCUT2D eigenvalue weighted by Gasteiger charge is 2.30. The van der Waals surface area contributed by atoms with Gasteiger partial charge < -0.3 is 15.6 Å². The number of carbonyl (C=O) groups is 1. The number of anilines is 1. The number of H-pyrrole nitrogens is 1. The lowest BCUT2D eigenvalue weighted by molar-refractivity contribution is 0.0745. The number of aromatic amines is 1.